The van der Waals surface area contributed by atoms with E-state index in [-0.39, 0.29) is 30.7 Å². The van der Waals surface area contributed by atoms with Gasteiger partial charge in [0.2, 0.25) is 21.8 Å². The van der Waals surface area contributed by atoms with Crippen LogP contribution in [0.25, 0.3) is 0 Å². The van der Waals surface area contributed by atoms with Gasteiger partial charge in [-0.05, 0) is 18.3 Å². The Morgan fingerprint density at radius 1 is 1.25 bits per heavy atom. The maximum atomic E-state index is 13.6. The zero-order chi connectivity index (χ0) is 23.8. The monoisotopic (exact) mass is 470 g/mol. The third kappa shape index (κ3) is 5.12. The second-order valence-corrected chi connectivity index (χ2v) is 11.8. The highest BCUT2D eigenvalue weighted by Crippen LogP contribution is 2.35. The normalized spacial score (nSPS) is 24.5. The molecule has 0 bridgehead atoms. The highest BCUT2D eigenvalue weighted by atomic mass is 32.2. The van der Waals surface area contributed by atoms with Crippen LogP contribution in [0.2, 0.25) is 0 Å². The third-order valence-corrected chi connectivity index (χ3v) is 7.60. The van der Waals surface area contributed by atoms with E-state index in [0.717, 1.165) is 5.69 Å². The molecule has 1 aromatic heterocycles. The van der Waals surface area contributed by atoms with E-state index in [2.05, 4.69) is 15.6 Å². The Morgan fingerprint density at radius 3 is 2.41 bits per heavy atom. The van der Waals surface area contributed by atoms with Crippen molar-refractivity contribution in [1.29, 1.82) is 0 Å². The summed E-state index contributed by atoms with van der Waals surface area (Å²) in [6, 6.07) is -1.44. The van der Waals surface area contributed by atoms with Crippen LogP contribution in [-0.2, 0) is 19.6 Å². The minimum Gasteiger partial charge on any atom is -0.391 e. The smallest absolute Gasteiger partial charge is 0.248 e. The molecule has 12 heteroatoms. The predicted molar refractivity (Wildman–Crippen MR) is 117 cm³/mol. The van der Waals surface area contributed by atoms with E-state index in [4.69, 9.17) is 0 Å². The summed E-state index contributed by atoms with van der Waals surface area (Å²) in [6.07, 6.45) is 3.69. The SMILES string of the molecule is CNC(=O)[C@H]1CC(O)CN1C(=O)C(n1cc(C2CCN(S(C)(=O)=O)CC2)nn1)C(C)(C)C. The highest BCUT2D eigenvalue weighted by Gasteiger charge is 2.45. The summed E-state index contributed by atoms with van der Waals surface area (Å²) in [5.41, 5.74) is 0.201. The Bertz CT molecular complexity index is 948. The van der Waals surface area contributed by atoms with E-state index >= 15 is 0 Å². The maximum Gasteiger partial charge on any atom is 0.248 e. The number of nitrogens with one attached hydrogen (secondary N) is 1. The zero-order valence-corrected chi connectivity index (χ0v) is 20.2. The van der Waals surface area contributed by atoms with Crippen LogP contribution in [0.3, 0.4) is 0 Å². The Morgan fingerprint density at radius 2 is 1.88 bits per heavy atom. The predicted octanol–water partition coefficient (Wildman–Crippen LogP) is -0.288. The second-order valence-electron chi connectivity index (χ2n) is 9.84. The molecule has 2 aliphatic rings. The molecule has 0 spiro atoms. The van der Waals surface area contributed by atoms with Crippen molar-refractivity contribution in [3.05, 3.63) is 11.9 Å². The number of hydrogen-bond donors (Lipinski definition) is 2. The number of aliphatic hydroxyl groups is 1. The fourth-order valence-corrected chi connectivity index (χ4v) is 5.47. The highest BCUT2D eigenvalue weighted by molar-refractivity contribution is 7.88. The molecule has 3 rings (SSSR count). The molecule has 2 unspecified atom stereocenters. The molecule has 32 heavy (non-hydrogen) atoms. The van der Waals surface area contributed by atoms with Crippen LogP contribution in [-0.4, -0.2) is 94.6 Å². The first-order chi connectivity index (χ1) is 14.8. The lowest BCUT2D eigenvalue weighted by atomic mass is 9.85. The number of carbonyl (C=O) groups excluding carboxylic acids is 2. The number of sulfonamides is 1. The van der Waals surface area contributed by atoms with Crippen LogP contribution >= 0.6 is 0 Å². The van der Waals surface area contributed by atoms with E-state index in [1.54, 1.807) is 10.9 Å². The van der Waals surface area contributed by atoms with Crippen molar-refractivity contribution in [2.75, 3.05) is 32.9 Å². The van der Waals surface area contributed by atoms with Crippen molar-refractivity contribution in [3.63, 3.8) is 0 Å². The Labute approximate surface area is 189 Å². The molecule has 11 nitrogen and oxygen atoms in total. The number of amides is 2. The van der Waals surface area contributed by atoms with Crippen molar-refractivity contribution in [2.45, 2.75) is 64.1 Å². The van der Waals surface area contributed by atoms with Crippen molar-refractivity contribution in [3.8, 4) is 0 Å². The molecule has 3 heterocycles. The molecule has 0 radical (unpaired) electrons. The third-order valence-electron chi connectivity index (χ3n) is 6.30. The van der Waals surface area contributed by atoms with Gasteiger partial charge in [-0.2, -0.15) is 0 Å². The topological polar surface area (TPSA) is 138 Å². The number of β-amino-alcohol motifs (C(OH)–C–C–N with tert-alkyl or cyclic N) is 1. The molecule has 2 saturated heterocycles. The van der Waals surface area contributed by atoms with Crippen LogP contribution < -0.4 is 5.32 Å². The number of piperidine rings is 1. The summed E-state index contributed by atoms with van der Waals surface area (Å²) in [4.78, 5) is 27.3. The maximum absolute atomic E-state index is 13.6. The van der Waals surface area contributed by atoms with E-state index in [1.165, 1.54) is 22.5 Å². The van der Waals surface area contributed by atoms with Crippen LogP contribution in [0.4, 0.5) is 0 Å². The number of likely N-dealkylation sites (tertiary alicyclic amines) is 1. The molecule has 180 valence electrons. The molecule has 0 saturated carbocycles. The Kier molecular flexibility index (Phi) is 6.97. The van der Waals surface area contributed by atoms with E-state index in [9.17, 15) is 23.1 Å². The van der Waals surface area contributed by atoms with Gasteiger partial charge >= 0.3 is 0 Å². The number of nitrogens with zero attached hydrogens (tertiary/aromatic N) is 5. The molecule has 3 atom stereocenters. The Balaban J connectivity index is 1.82. The van der Waals surface area contributed by atoms with Crippen molar-refractivity contribution in [1.82, 2.24) is 29.5 Å². The van der Waals surface area contributed by atoms with Crippen molar-refractivity contribution in [2.24, 2.45) is 5.41 Å². The first-order valence-electron chi connectivity index (χ1n) is 10.9. The summed E-state index contributed by atoms with van der Waals surface area (Å²) >= 11 is 0. The molecule has 0 aromatic carbocycles. The van der Waals surface area contributed by atoms with Crippen LogP contribution in [0.1, 0.15) is 57.7 Å². The van der Waals surface area contributed by atoms with Gasteiger partial charge in [-0.1, -0.05) is 26.0 Å². The average Bonchev–Trinajstić information content (AvgIpc) is 3.33. The summed E-state index contributed by atoms with van der Waals surface area (Å²) in [6.45, 7) is 6.71. The quantitative estimate of drug-likeness (QED) is 0.603. The van der Waals surface area contributed by atoms with Crippen molar-refractivity contribution >= 4 is 21.8 Å². The van der Waals surface area contributed by atoms with Gasteiger partial charge in [-0.25, -0.2) is 17.4 Å². The number of aromatic nitrogens is 3. The first kappa shape index (κ1) is 24.6. The second kappa shape index (κ2) is 9.06. The molecule has 2 N–H and O–H groups in total. The van der Waals surface area contributed by atoms with Gasteiger partial charge in [0, 0.05) is 45.2 Å². The van der Waals surface area contributed by atoms with Gasteiger partial charge in [-0.3, -0.25) is 9.59 Å². The van der Waals surface area contributed by atoms with Crippen LogP contribution in [0.5, 0.6) is 0 Å². The molecule has 2 fully saturated rings. The van der Waals surface area contributed by atoms with Crippen LogP contribution in [0.15, 0.2) is 6.20 Å². The fourth-order valence-electron chi connectivity index (χ4n) is 4.60. The molecule has 2 amide bonds. The number of rotatable bonds is 5. The van der Waals surface area contributed by atoms with Gasteiger partial charge in [-0.15, -0.1) is 5.10 Å². The standard InChI is InChI=1S/C20H34N6O5S/c1-20(2,3)17(19(29)25-11-14(27)10-16(25)18(28)21-4)26-12-15(22-23-26)13-6-8-24(9-7-13)32(5,30)31/h12-14,16-17,27H,6-11H2,1-5H3,(H,21,28)/t14?,16-,17?/m1/s1. The summed E-state index contributed by atoms with van der Waals surface area (Å²) < 4.78 is 26.5. The molecule has 1 aromatic rings. The van der Waals surface area contributed by atoms with Gasteiger partial charge in [0.15, 0.2) is 0 Å². The lowest BCUT2D eigenvalue weighted by Crippen LogP contribution is -2.49. The lowest BCUT2D eigenvalue weighted by Gasteiger charge is -2.34. The van der Waals surface area contributed by atoms with Crippen LogP contribution in [0, 0.1) is 5.41 Å². The van der Waals surface area contributed by atoms with E-state index in [1.807, 2.05) is 20.8 Å². The van der Waals surface area contributed by atoms with Gasteiger partial charge in [0.05, 0.1) is 18.1 Å². The largest absolute Gasteiger partial charge is 0.391 e. The number of hydrogen-bond acceptors (Lipinski definition) is 7. The van der Waals surface area contributed by atoms with Crippen molar-refractivity contribution < 1.29 is 23.1 Å². The Hall–Kier alpha value is -2.05. The number of likely N-dealkylation sites (N-methyl/N-ethyl adjacent to an activating group) is 1. The molecular weight excluding hydrogens is 436 g/mol. The van der Waals surface area contributed by atoms with Gasteiger partial charge in [0.1, 0.15) is 12.1 Å². The summed E-state index contributed by atoms with van der Waals surface area (Å²) in [5, 5.41) is 21.2. The first-order valence-corrected chi connectivity index (χ1v) is 12.7. The molecule has 2 aliphatic heterocycles. The minimum absolute atomic E-state index is 0.0599. The summed E-state index contributed by atoms with van der Waals surface area (Å²) in [5.74, 6) is -0.532. The number of aliphatic hydroxyl groups excluding tert-OH is 1. The van der Waals surface area contributed by atoms with Gasteiger partial charge in [0.25, 0.3) is 0 Å². The van der Waals surface area contributed by atoms with E-state index in [0.29, 0.717) is 25.9 Å². The molecule has 0 aliphatic carbocycles. The fraction of sp³-hybridized carbons (Fsp3) is 0.800. The lowest BCUT2D eigenvalue weighted by molar-refractivity contribution is -0.144. The molecular formula is C20H34N6O5S. The minimum atomic E-state index is -3.21. The average molecular weight is 471 g/mol. The summed E-state index contributed by atoms with van der Waals surface area (Å²) in [7, 11) is -1.70. The zero-order valence-electron chi connectivity index (χ0n) is 19.4. The van der Waals surface area contributed by atoms with Gasteiger partial charge < -0.3 is 15.3 Å². The van der Waals surface area contributed by atoms with E-state index < -0.39 is 33.6 Å². The number of carbonyl (C=O) groups is 2.